The number of carbonyl (C=O) groups excluding carboxylic acids is 1. The first-order valence-corrected chi connectivity index (χ1v) is 5.95. The molecule has 1 amide bonds. The third-order valence-electron chi connectivity index (χ3n) is 2.54. The number of aromatic hydroxyl groups is 2. The van der Waals surface area contributed by atoms with Crippen LogP contribution >= 0.6 is 0 Å². The maximum atomic E-state index is 11.7. The molecule has 0 radical (unpaired) electrons. The highest BCUT2D eigenvalue weighted by Gasteiger charge is 2.11. The smallest absolute Gasteiger partial charge is 0.255 e. The third kappa shape index (κ3) is 4.63. The summed E-state index contributed by atoms with van der Waals surface area (Å²) in [5.74, 6) is -0.530. The van der Waals surface area contributed by atoms with Gasteiger partial charge in [0.15, 0.2) is 0 Å². The Morgan fingerprint density at radius 1 is 1.28 bits per heavy atom. The summed E-state index contributed by atoms with van der Waals surface area (Å²) in [5, 5.41) is 21.5. The lowest BCUT2D eigenvalue weighted by atomic mass is 10.1. The molecule has 3 N–H and O–H groups in total. The van der Waals surface area contributed by atoms with Crippen molar-refractivity contribution in [2.45, 2.75) is 12.8 Å². The first-order valence-electron chi connectivity index (χ1n) is 5.95. The minimum atomic E-state index is -0.367. The minimum absolute atomic E-state index is 0.0365. The number of hydrogen-bond acceptors (Lipinski definition) is 4. The van der Waals surface area contributed by atoms with E-state index in [4.69, 9.17) is 0 Å². The molecule has 0 bridgehead atoms. The van der Waals surface area contributed by atoms with Crippen molar-refractivity contribution in [2.75, 3.05) is 27.2 Å². The van der Waals surface area contributed by atoms with Crippen LogP contribution < -0.4 is 5.32 Å². The SMILES string of the molecule is CN(C)CCCCNC(=O)c1cc(O)ccc1O. The summed E-state index contributed by atoms with van der Waals surface area (Å²) < 4.78 is 0. The lowest BCUT2D eigenvalue weighted by Crippen LogP contribution is -2.25. The Hall–Kier alpha value is -1.75. The van der Waals surface area contributed by atoms with Crippen LogP contribution in [0.1, 0.15) is 23.2 Å². The lowest BCUT2D eigenvalue weighted by molar-refractivity contribution is 0.0949. The van der Waals surface area contributed by atoms with Gasteiger partial charge in [0.2, 0.25) is 0 Å². The van der Waals surface area contributed by atoms with Gasteiger partial charge < -0.3 is 20.4 Å². The molecule has 5 heteroatoms. The number of hydrogen-bond donors (Lipinski definition) is 3. The highest BCUT2D eigenvalue weighted by Crippen LogP contribution is 2.21. The Morgan fingerprint density at radius 3 is 2.67 bits per heavy atom. The summed E-state index contributed by atoms with van der Waals surface area (Å²) in [7, 11) is 4.01. The van der Waals surface area contributed by atoms with E-state index in [2.05, 4.69) is 10.2 Å². The van der Waals surface area contributed by atoms with Crippen molar-refractivity contribution in [3.63, 3.8) is 0 Å². The van der Waals surface area contributed by atoms with E-state index >= 15 is 0 Å². The van der Waals surface area contributed by atoms with Crippen LogP contribution in [0.25, 0.3) is 0 Å². The van der Waals surface area contributed by atoms with Crippen LogP contribution in [-0.4, -0.2) is 48.2 Å². The number of benzene rings is 1. The highest BCUT2D eigenvalue weighted by atomic mass is 16.3. The van der Waals surface area contributed by atoms with E-state index in [1.54, 1.807) is 0 Å². The van der Waals surface area contributed by atoms with Crippen LogP contribution in [0.3, 0.4) is 0 Å². The number of rotatable bonds is 6. The molecule has 0 aromatic heterocycles. The van der Waals surface area contributed by atoms with E-state index in [1.165, 1.54) is 18.2 Å². The number of phenolic OH excluding ortho intramolecular Hbond substituents is 2. The molecule has 0 aliphatic rings. The molecule has 0 spiro atoms. The molecule has 100 valence electrons. The zero-order valence-electron chi connectivity index (χ0n) is 10.8. The lowest BCUT2D eigenvalue weighted by Gasteiger charge is -2.10. The van der Waals surface area contributed by atoms with Gasteiger partial charge in [-0.1, -0.05) is 0 Å². The van der Waals surface area contributed by atoms with Crippen molar-refractivity contribution in [3.8, 4) is 11.5 Å². The summed E-state index contributed by atoms with van der Waals surface area (Å²) in [4.78, 5) is 13.8. The third-order valence-corrected chi connectivity index (χ3v) is 2.54. The fourth-order valence-electron chi connectivity index (χ4n) is 1.56. The van der Waals surface area contributed by atoms with Crippen molar-refractivity contribution >= 4 is 5.91 Å². The number of amides is 1. The molecule has 1 aromatic carbocycles. The number of nitrogens with zero attached hydrogens (tertiary/aromatic N) is 1. The molecule has 0 saturated heterocycles. The minimum Gasteiger partial charge on any atom is -0.508 e. The van der Waals surface area contributed by atoms with Gasteiger partial charge in [-0.3, -0.25) is 4.79 Å². The van der Waals surface area contributed by atoms with Gasteiger partial charge in [-0.25, -0.2) is 0 Å². The topological polar surface area (TPSA) is 72.8 Å². The molecule has 0 saturated carbocycles. The quantitative estimate of drug-likeness (QED) is 0.525. The predicted octanol–water partition coefficient (Wildman–Crippen LogP) is 1.17. The Morgan fingerprint density at radius 2 is 2.00 bits per heavy atom. The van der Waals surface area contributed by atoms with Crippen LogP contribution in [0.15, 0.2) is 18.2 Å². The molecular formula is C13H20N2O3. The summed E-state index contributed by atoms with van der Waals surface area (Å²) in [6, 6.07) is 3.89. The number of carbonyl (C=O) groups is 1. The van der Waals surface area contributed by atoms with Gasteiger partial charge >= 0.3 is 0 Å². The van der Waals surface area contributed by atoms with Crippen LogP contribution in [-0.2, 0) is 0 Å². The van der Waals surface area contributed by atoms with Gasteiger partial charge in [0.1, 0.15) is 11.5 Å². The summed E-state index contributed by atoms with van der Waals surface area (Å²) in [5.41, 5.74) is 0.0996. The second-order valence-corrected chi connectivity index (χ2v) is 4.47. The Labute approximate surface area is 107 Å². The molecule has 1 rings (SSSR count). The maximum absolute atomic E-state index is 11.7. The second-order valence-electron chi connectivity index (χ2n) is 4.47. The van der Waals surface area contributed by atoms with Gasteiger partial charge in [-0.2, -0.15) is 0 Å². The second kappa shape index (κ2) is 6.86. The molecule has 0 unspecified atom stereocenters. The van der Waals surface area contributed by atoms with E-state index in [0.717, 1.165) is 19.4 Å². The molecule has 1 aromatic rings. The van der Waals surface area contributed by atoms with Gasteiger partial charge in [0, 0.05) is 6.54 Å². The summed E-state index contributed by atoms with van der Waals surface area (Å²) >= 11 is 0. The Bertz CT molecular complexity index is 405. The molecule has 0 aliphatic carbocycles. The van der Waals surface area contributed by atoms with Crippen LogP contribution in [0, 0.1) is 0 Å². The van der Waals surface area contributed by atoms with E-state index < -0.39 is 0 Å². The van der Waals surface area contributed by atoms with Crippen LogP contribution in [0.2, 0.25) is 0 Å². The first-order chi connectivity index (χ1) is 8.50. The molecule has 0 heterocycles. The van der Waals surface area contributed by atoms with Gasteiger partial charge in [0.25, 0.3) is 5.91 Å². The Kier molecular flexibility index (Phi) is 5.45. The fraction of sp³-hybridized carbons (Fsp3) is 0.462. The van der Waals surface area contributed by atoms with E-state index in [9.17, 15) is 15.0 Å². The van der Waals surface area contributed by atoms with Crippen molar-refractivity contribution in [3.05, 3.63) is 23.8 Å². The van der Waals surface area contributed by atoms with Crippen molar-refractivity contribution in [2.24, 2.45) is 0 Å². The predicted molar refractivity (Wildman–Crippen MR) is 69.9 cm³/mol. The first kappa shape index (κ1) is 14.3. The standard InChI is InChI=1S/C13H20N2O3/c1-15(2)8-4-3-7-14-13(18)11-9-10(16)5-6-12(11)17/h5-6,9,16-17H,3-4,7-8H2,1-2H3,(H,14,18). The fourth-order valence-corrected chi connectivity index (χ4v) is 1.56. The molecular weight excluding hydrogens is 232 g/mol. The van der Waals surface area contributed by atoms with Gasteiger partial charge in [0.05, 0.1) is 5.56 Å². The van der Waals surface area contributed by atoms with Crippen LogP contribution in [0.5, 0.6) is 11.5 Å². The largest absolute Gasteiger partial charge is 0.508 e. The Balaban J connectivity index is 2.39. The zero-order valence-corrected chi connectivity index (χ0v) is 10.8. The number of nitrogens with one attached hydrogen (secondary N) is 1. The van der Waals surface area contributed by atoms with E-state index in [0.29, 0.717) is 6.54 Å². The zero-order chi connectivity index (χ0) is 13.5. The van der Waals surface area contributed by atoms with E-state index in [-0.39, 0.29) is 23.0 Å². The van der Waals surface area contributed by atoms with Gasteiger partial charge in [-0.15, -0.1) is 0 Å². The monoisotopic (exact) mass is 252 g/mol. The highest BCUT2D eigenvalue weighted by molar-refractivity contribution is 5.97. The van der Waals surface area contributed by atoms with Crippen molar-refractivity contribution in [1.82, 2.24) is 10.2 Å². The molecule has 0 aliphatic heterocycles. The number of phenols is 2. The van der Waals surface area contributed by atoms with Crippen LogP contribution in [0.4, 0.5) is 0 Å². The summed E-state index contributed by atoms with van der Waals surface area (Å²) in [6.45, 7) is 1.54. The van der Waals surface area contributed by atoms with Crippen molar-refractivity contribution < 1.29 is 15.0 Å². The average Bonchev–Trinajstić information content (AvgIpc) is 2.31. The van der Waals surface area contributed by atoms with Gasteiger partial charge in [-0.05, 0) is 51.7 Å². The molecule has 0 fully saturated rings. The maximum Gasteiger partial charge on any atom is 0.255 e. The van der Waals surface area contributed by atoms with Crippen molar-refractivity contribution in [1.29, 1.82) is 0 Å². The molecule has 5 nitrogen and oxygen atoms in total. The van der Waals surface area contributed by atoms with E-state index in [1.807, 2.05) is 14.1 Å². The average molecular weight is 252 g/mol. The number of unbranched alkanes of at least 4 members (excludes halogenated alkanes) is 1. The summed E-state index contributed by atoms with van der Waals surface area (Å²) in [6.07, 6.45) is 1.88. The molecule has 18 heavy (non-hydrogen) atoms. The molecule has 0 atom stereocenters. The normalized spacial score (nSPS) is 10.6.